The third-order valence-electron chi connectivity index (χ3n) is 3.38. The summed E-state index contributed by atoms with van der Waals surface area (Å²) in [6, 6.07) is 4.10. The molecule has 1 saturated heterocycles. The Bertz CT molecular complexity index is 412. The second-order valence-electron chi connectivity index (χ2n) is 4.91. The van der Waals surface area contributed by atoms with E-state index in [1.807, 2.05) is 0 Å². The van der Waals surface area contributed by atoms with Crippen molar-refractivity contribution in [3.05, 3.63) is 29.6 Å². The van der Waals surface area contributed by atoms with Crippen LogP contribution in [0.5, 0.6) is 0 Å². The molecule has 2 heterocycles. The van der Waals surface area contributed by atoms with E-state index in [0.29, 0.717) is 12.1 Å². The van der Waals surface area contributed by atoms with Crippen molar-refractivity contribution >= 4 is 0 Å². The van der Waals surface area contributed by atoms with Crippen molar-refractivity contribution in [2.75, 3.05) is 39.8 Å². The molecule has 106 valence electrons. The van der Waals surface area contributed by atoms with Crippen LogP contribution in [-0.4, -0.2) is 54.6 Å². The van der Waals surface area contributed by atoms with Gasteiger partial charge in [-0.1, -0.05) is 6.07 Å². The summed E-state index contributed by atoms with van der Waals surface area (Å²) < 4.78 is 37.6. The van der Waals surface area contributed by atoms with E-state index in [9.17, 15) is 13.2 Å². The van der Waals surface area contributed by atoms with E-state index < -0.39 is 11.9 Å². The zero-order valence-corrected chi connectivity index (χ0v) is 11.0. The molecule has 6 heteroatoms. The van der Waals surface area contributed by atoms with Gasteiger partial charge in [-0.3, -0.25) is 0 Å². The number of rotatable bonds is 3. The Morgan fingerprint density at radius 1 is 1.16 bits per heavy atom. The highest BCUT2D eigenvalue weighted by Crippen LogP contribution is 2.27. The maximum Gasteiger partial charge on any atom is 0.433 e. The number of nitrogens with zero attached hydrogens (tertiary/aromatic N) is 3. The fourth-order valence-corrected chi connectivity index (χ4v) is 2.12. The second kappa shape index (κ2) is 5.88. The van der Waals surface area contributed by atoms with Crippen molar-refractivity contribution < 1.29 is 13.2 Å². The summed E-state index contributed by atoms with van der Waals surface area (Å²) in [5.41, 5.74) is -0.294. The van der Waals surface area contributed by atoms with Gasteiger partial charge in [0.05, 0.1) is 0 Å². The number of hydrogen-bond donors (Lipinski definition) is 0. The van der Waals surface area contributed by atoms with E-state index in [1.54, 1.807) is 6.07 Å². The van der Waals surface area contributed by atoms with Crippen molar-refractivity contribution in [1.82, 2.24) is 14.8 Å². The monoisotopic (exact) mass is 273 g/mol. The molecule has 19 heavy (non-hydrogen) atoms. The Morgan fingerprint density at radius 3 is 2.47 bits per heavy atom. The summed E-state index contributed by atoms with van der Waals surface area (Å²) in [5.74, 6) is 0. The van der Waals surface area contributed by atoms with Gasteiger partial charge in [0, 0.05) is 44.8 Å². The molecular weight excluding hydrogens is 255 g/mol. The first kappa shape index (κ1) is 14.3. The van der Waals surface area contributed by atoms with Crippen molar-refractivity contribution in [2.24, 2.45) is 0 Å². The SMILES string of the molecule is CN1CCN(CCc2cccc(C(F)(F)F)n2)CC1. The molecule has 0 radical (unpaired) electrons. The summed E-state index contributed by atoms with van der Waals surface area (Å²) >= 11 is 0. The highest BCUT2D eigenvalue weighted by atomic mass is 19.4. The lowest BCUT2D eigenvalue weighted by Crippen LogP contribution is -2.45. The number of hydrogen-bond acceptors (Lipinski definition) is 3. The van der Waals surface area contributed by atoms with Crippen LogP contribution in [-0.2, 0) is 12.6 Å². The molecule has 0 amide bonds. The van der Waals surface area contributed by atoms with E-state index in [1.165, 1.54) is 6.07 Å². The Balaban J connectivity index is 1.89. The molecule has 1 aromatic rings. The normalized spacial score (nSPS) is 18.7. The summed E-state index contributed by atoms with van der Waals surface area (Å²) in [5, 5.41) is 0. The third kappa shape index (κ3) is 4.18. The van der Waals surface area contributed by atoms with Gasteiger partial charge < -0.3 is 9.80 Å². The first-order chi connectivity index (χ1) is 8.95. The van der Waals surface area contributed by atoms with Crippen molar-refractivity contribution in [2.45, 2.75) is 12.6 Å². The fourth-order valence-electron chi connectivity index (χ4n) is 2.12. The van der Waals surface area contributed by atoms with Gasteiger partial charge in [-0.15, -0.1) is 0 Å². The predicted octanol–water partition coefficient (Wildman–Crippen LogP) is 1.89. The molecule has 0 aromatic carbocycles. The quantitative estimate of drug-likeness (QED) is 0.838. The Morgan fingerprint density at radius 2 is 1.84 bits per heavy atom. The fraction of sp³-hybridized carbons (Fsp3) is 0.615. The van der Waals surface area contributed by atoms with Gasteiger partial charge >= 0.3 is 6.18 Å². The van der Waals surface area contributed by atoms with Crippen LogP contribution in [0.25, 0.3) is 0 Å². The number of piperazine rings is 1. The Labute approximate surface area is 111 Å². The highest BCUT2D eigenvalue weighted by Gasteiger charge is 2.32. The van der Waals surface area contributed by atoms with Crippen LogP contribution < -0.4 is 0 Å². The van der Waals surface area contributed by atoms with Crippen LogP contribution >= 0.6 is 0 Å². The van der Waals surface area contributed by atoms with Gasteiger partial charge in [0.15, 0.2) is 0 Å². The van der Waals surface area contributed by atoms with Crippen LogP contribution in [0.3, 0.4) is 0 Å². The lowest BCUT2D eigenvalue weighted by molar-refractivity contribution is -0.141. The standard InChI is InChI=1S/C13H18F3N3/c1-18-7-9-19(10-8-18)6-5-11-3-2-4-12(17-11)13(14,15)16/h2-4H,5-10H2,1H3. The van der Waals surface area contributed by atoms with Gasteiger partial charge in [-0.05, 0) is 19.2 Å². The van der Waals surface area contributed by atoms with Crippen molar-refractivity contribution in [1.29, 1.82) is 0 Å². The number of likely N-dealkylation sites (N-methyl/N-ethyl adjacent to an activating group) is 1. The van der Waals surface area contributed by atoms with Crippen molar-refractivity contribution in [3.63, 3.8) is 0 Å². The molecule has 0 atom stereocenters. The Hall–Kier alpha value is -1.14. The minimum absolute atomic E-state index is 0.508. The molecular formula is C13H18F3N3. The zero-order chi connectivity index (χ0) is 13.9. The van der Waals surface area contributed by atoms with E-state index in [4.69, 9.17) is 0 Å². The summed E-state index contributed by atoms with van der Waals surface area (Å²) in [6.07, 6.45) is -3.79. The number of alkyl halides is 3. The van der Waals surface area contributed by atoms with Crippen LogP contribution in [0, 0.1) is 0 Å². The van der Waals surface area contributed by atoms with Crippen molar-refractivity contribution in [3.8, 4) is 0 Å². The largest absolute Gasteiger partial charge is 0.433 e. The molecule has 0 saturated carbocycles. The van der Waals surface area contributed by atoms with Crippen LogP contribution in [0.2, 0.25) is 0 Å². The van der Waals surface area contributed by atoms with Crippen LogP contribution in [0.1, 0.15) is 11.4 Å². The van der Waals surface area contributed by atoms with Gasteiger partial charge in [-0.25, -0.2) is 4.98 Å². The van der Waals surface area contributed by atoms with Gasteiger partial charge in [-0.2, -0.15) is 13.2 Å². The minimum Gasteiger partial charge on any atom is -0.304 e. The average Bonchev–Trinajstić information content (AvgIpc) is 2.37. The van der Waals surface area contributed by atoms with E-state index in [0.717, 1.165) is 38.8 Å². The predicted molar refractivity (Wildman–Crippen MR) is 66.9 cm³/mol. The highest BCUT2D eigenvalue weighted by molar-refractivity contribution is 5.14. The number of pyridine rings is 1. The molecule has 0 spiro atoms. The average molecular weight is 273 g/mol. The maximum atomic E-state index is 12.5. The molecule has 0 aliphatic carbocycles. The molecule has 1 fully saturated rings. The summed E-state index contributed by atoms with van der Waals surface area (Å²) in [4.78, 5) is 8.20. The molecule has 1 aromatic heterocycles. The lowest BCUT2D eigenvalue weighted by Gasteiger charge is -2.32. The smallest absolute Gasteiger partial charge is 0.304 e. The lowest BCUT2D eigenvalue weighted by atomic mass is 10.2. The molecule has 0 bridgehead atoms. The number of halogens is 3. The van der Waals surface area contributed by atoms with E-state index >= 15 is 0 Å². The maximum absolute atomic E-state index is 12.5. The molecule has 1 aliphatic heterocycles. The summed E-state index contributed by atoms with van der Waals surface area (Å²) in [6.45, 7) is 4.72. The zero-order valence-electron chi connectivity index (χ0n) is 11.0. The molecule has 2 rings (SSSR count). The molecule has 0 unspecified atom stereocenters. The topological polar surface area (TPSA) is 19.4 Å². The minimum atomic E-state index is -4.36. The first-order valence-electron chi connectivity index (χ1n) is 6.39. The third-order valence-corrected chi connectivity index (χ3v) is 3.38. The van der Waals surface area contributed by atoms with E-state index in [2.05, 4.69) is 21.8 Å². The van der Waals surface area contributed by atoms with Gasteiger partial charge in [0.1, 0.15) is 5.69 Å². The first-order valence-corrected chi connectivity index (χ1v) is 6.39. The molecule has 0 N–H and O–H groups in total. The number of aromatic nitrogens is 1. The van der Waals surface area contributed by atoms with E-state index in [-0.39, 0.29) is 0 Å². The Kier molecular flexibility index (Phi) is 4.42. The second-order valence-corrected chi connectivity index (χ2v) is 4.91. The van der Waals surface area contributed by atoms with Crippen LogP contribution in [0.4, 0.5) is 13.2 Å². The molecule has 1 aliphatic rings. The van der Waals surface area contributed by atoms with Gasteiger partial charge in [0.2, 0.25) is 0 Å². The van der Waals surface area contributed by atoms with Gasteiger partial charge in [0.25, 0.3) is 0 Å². The molecule has 3 nitrogen and oxygen atoms in total. The van der Waals surface area contributed by atoms with Crippen LogP contribution in [0.15, 0.2) is 18.2 Å². The summed E-state index contributed by atoms with van der Waals surface area (Å²) in [7, 11) is 2.08.